The van der Waals surface area contributed by atoms with Crippen LogP contribution in [0.1, 0.15) is 31.7 Å². The average Bonchev–Trinajstić information content (AvgIpc) is 2.76. The summed E-state index contributed by atoms with van der Waals surface area (Å²) >= 11 is 0. The molecule has 1 saturated heterocycles. The van der Waals surface area contributed by atoms with E-state index in [0.717, 1.165) is 12.0 Å². The summed E-state index contributed by atoms with van der Waals surface area (Å²) in [7, 11) is -3.36. The minimum absolute atomic E-state index is 0.0327. The van der Waals surface area contributed by atoms with Gasteiger partial charge in [-0.05, 0) is 30.0 Å². The summed E-state index contributed by atoms with van der Waals surface area (Å²) in [5, 5.41) is 0. The Labute approximate surface area is 109 Å². The van der Waals surface area contributed by atoms with Crippen LogP contribution in [0.15, 0.2) is 29.2 Å². The van der Waals surface area contributed by atoms with E-state index in [1.54, 1.807) is 12.1 Å². The van der Waals surface area contributed by atoms with E-state index in [1.165, 1.54) is 4.31 Å². The van der Waals surface area contributed by atoms with Crippen molar-refractivity contribution in [1.82, 2.24) is 4.31 Å². The van der Waals surface area contributed by atoms with Gasteiger partial charge in [-0.2, -0.15) is 4.31 Å². The summed E-state index contributed by atoms with van der Waals surface area (Å²) in [4.78, 5) is 0.362. The smallest absolute Gasteiger partial charge is 0.243 e. The lowest BCUT2D eigenvalue weighted by molar-refractivity contribution is 0.472. The summed E-state index contributed by atoms with van der Waals surface area (Å²) in [6, 6.07) is 7.11. The predicted molar refractivity (Wildman–Crippen MR) is 71.9 cm³/mol. The van der Waals surface area contributed by atoms with Gasteiger partial charge in [-0.15, -0.1) is 0 Å². The third kappa shape index (κ3) is 2.58. The van der Waals surface area contributed by atoms with E-state index in [9.17, 15) is 8.42 Å². The van der Waals surface area contributed by atoms with Crippen molar-refractivity contribution in [1.29, 1.82) is 0 Å². The van der Waals surface area contributed by atoms with Gasteiger partial charge in [0.1, 0.15) is 0 Å². The van der Waals surface area contributed by atoms with E-state index >= 15 is 0 Å². The van der Waals surface area contributed by atoms with E-state index < -0.39 is 10.0 Å². The van der Waals surface area contributed by atoms with Gasteiger partial charge in [-0.3, -0.25) is 0 Å². The Morgan fingerprint density at radius 1 is 1.28 bits per heavy atom. The Kier molecular flexibility index (Phi) is 3.75. The Morgan fingerprint density at radius 2 is 1.89 bits per heavy atom. The molecule has 1 aromatic rings. The molecule has 0 unspecified atom stereocenters. The van der Waals surface area contributed by atoms with E-state index in [0.29, 0.717) is 23.9 Å². The molecule has 0 amide bonds. The molecule has 18 heavy (non-hydrogen) atoms. The summed E-state index contributed by atoms with van der Waals surface area (Å²) in [5.41, 5.74) is 6.90. The fourth-order valence-corrected chi connectivity index (χ4v) is 3.66. The highest BCUT2D eigenvalue weighted by Crippen LogP contribution is 2.22. The van der Waals surface area contributed by atoms with Crippen LogP contribution >= 0.6 is 0 Å². The number of benzene rings is 1. The van der Waals surface area contributed by atoms with Crippen molar-refractivity contribution in [3.05, 3.63) is 29.8 Å². The molecule has 0 aliphatic carbocycles. The molecule has 1 heterocycles. The van der Waals surface area contributed by atoms with Crippen molar-refractivity contribution in [2.45, 2.75) is 37.1 Å². The largest absolute Gasteiger partial charge is 0.326 e. The Morgan fingerprint density at radius 3 is 2.33 bits per heavy atom. The monoisotopic (exact) mass is 268 g/mol. The Bertz CT molecular complexity index is 508. The molecule has 5 heteroatoms. The number of nitrogens with two attached hydrogens (primary N) is 1. The minimum Gasteiger partial charge on any atom is -0.326 e. The molecule has 2 N–H and O–H groups in total. The van der Waals surface area contributed by atoms with Crippen LogP contribution in [0.3, 0.4) is 0 Å². The molecule has 1 fully saturated rings. The van der Waals surface area contributed by atoms with Crippen LogP contribution in [0.2, 0.25) is 0 Å². The Hall–Kier alpha value is -0.910. The van der Waals surface area contributed by atoms with Gasteiger partial charge in [0.05, 0.1) is 4.90 Å². The van der Waals surface area contributed by atoms with Gasteiger partial charge in [0, 0.05) is 19.1 Å². The second kappa shape index (κ2) is 4.99. The van der Waals surface area contributed by atoms with Crippen LogP contribution in [-0.4, -0.2) is 31.9 Å². The standard InChI is InChI=1S/C13H20N2O2S/c1-10(2)11-3-5-13(6-4-11)18(16,17)15-8-7-12(14)9-15/h3-6,10,12H,7-9,14H2,1-2H3/t12-/m1/s1. The second-order valence-electron chi connectivity index (χ2n) is 5.14. The number of hydrogen-bond donors (Lipinski definition) is 1. The first-order chi connectivity index (χ1) is 8.41. The quantitative estimate of drug-likeness (QED) is 0.904. The number of nitrogens with zero attached hydrogens (tertiary/aromatic N) is 1. The van der Waals surface area contributed by atoms with Crippen molar-refractivity contribution < 1.29 is 8.42 Å². The predicted octanol–water partition coefficient (Wildman–Crippen LogP) is 1.53. The lowest BCUT2D eigenvalue weighted by Gasteiger charge is -2.16. The number of hydrogen-bond acceptors (Lipinski definition) is 3. The van der Waals surface area contributed by atoms with Crippen LogP contribution in [0, 0.1) is 0 Å². The van der Waals surface area contributed by atoms with Crippen LogP contribution < -0.4 is 5.73 Å². The summed E-state index contributed by atoms with van der Waals surface area (Å²) in [5.74, 6) is 0.405. The highest BCUT2D eigenvalue weighted by Gasteiger charge is 2.30. The zero-order valence-electron chi connectivity index (χ0n) is 10.8. The first-order valence-electron chi connectivity index (χ1n) is 6.27. The van der Waals surface area contributed by atoms with Crippen molar-refractivity contribution in [2.75, 3.05) is 13.1 Å². The molecule has 0 aromatic heterocycles. The fourth-order valence-electron chi connectivity index (χ4n) is 2.15. The molecule has 0 saturated carbocycles. The van der Waals surface area contributed by atoms with E-state index in [-0.39, 0.29) is 6.04 Å². The third-order valence-corrected chi connectivity index (χ3v) is 5.25. The van der Waals surface area contributed by atoms with Crippen molar-refractivity contribution >= 4 is 10.0 Å². The van der Waals surface area contributed by atoms with Gasteiger partial charge < -0.3 is 5.73 Å². The molecule has 4 nitrogen and oxygen atoms in total. The third-order valence-electron chi connectivity index (χ3n) is 3.37. The van der Waals surface area contributed by atoms with E-state index in [4.69, 9.17) is 5.73 Å². The maximum atomic E-state index is 12.3. The van der Waals surface area contributed by atoms with Crippen LogP contribution in [0.25, 0.3) is 0 Å². The van der Waals surface area contributed by atoms with E-state index in [2.05, 4.69) is 13.8 Å². The highest BCUT2D eigenvalue weighted by molar-refractivity contribution is 7.89. The molecule has 1 aliphatic heterocycles. The van der Waals surface area contributed by atoms with Gasteiger partial charge in [0.2, 0.25) is 10.0 Å². The molecule has 1 atom stereocenters. The lowest BCUT2D eigenvalue weighted by Crippen LogP contribution is -2.31. The Balaban J connectivity index is 2.25. The van der Waals surface area contributed by atoms with E-state index in [1.807, 2.05) is 12.1 Å². The average molecular weight is 268 g/mol. The molecule has 0 spiro atoms. The van der Waals surface area contributed by atoms with Crippen LogP contribution in [0.5, 0.6) is 0 Å². The molecule has 0 radical (unpaired) electrons. The number of rotatable bonds is 3. The first-order valence-corrected chi connectivity index (χ1v) is 7.71. The van der Waals surface area contributed by atoms with Gasteiger partial charge in [-0.25, -0.2) is 8.42 Å². The fraction of sp³-hybridized carbons (Fsp3) is 0.538. The van der Waals surface area contributed by atoms with Crippen LogP contribution in [0.4, 0.5) is 0 Å². The molecular formula is C13H20N2O2S. The molecule has 100 valence electrons. The molecule has 1 aliphatic rings. The lowest BCUT2D eigenvalue weighted by atomic mass is 10.0. The zero-order chi connectivity index (χ0) is 13.3. The summed E-state index contributed by atoms with van der Waals surface area (Å²) in [6.07, 6.45) is 0.739. The van der Waals surface area contributed by atoms with Gasteiger partial charge in [0.25, 0.3) is 0 Å². The molecule has 1 aromatic carbocycles. The van der Waals surface area contributed by atoms with Crippen molar-refractivity contribution in [2.24, 2.45) is 5.73 Å². The zero-order valence-corrected chi connectivity index (χ0v) is 11.7. The van der Waals surface area contributed by atoms with Crippen molar-refractivity contribution in [3.8, 4) is 0 Å². The maximum absolute atomic E-state index is 12.3. The van der Waals surface area contributed by atoms with Gasteiger partial charge in [0.15, 0.2) is 0 Å². The SMILES string of the molecule is CC(C)c1ccc(S(=O)(=O)N2CC[C@@H](N)C2)cc1. The highest BCUT2D eigenvalue weighted by atomic mass is 32.2. The topological polar surface area (TPSA) is 63.4 Å². The minimum atomic E-state index is -3.36. The van der Waals surface area contributed by atoms with Gasteiger partial charge in [-0.1, -0.05) is 26.0 Å². The first kappa shape index (κ1) is 13.5. The molecule has 2 rings (SSSR count). The molecular weight excluding hydrogens is 248 g/mol. The summed E-state index contributed by atoms with van der Waals surface area (Å²) in [6.45, 7) is 5.12. The van der Waals surface area contributed by atoms with Crippen molar-refractivity contribution in [3.63, 3.8) is 0 Å². The number of sulfonamides is 1. The maximum Gasteiger partial charge on any atom is 0.243 e. The molecule has 0 bridgehead atoms. The summed E-state index contributed by atoms with van der Waals surface area (Å²) < 4.78 is 26.1. The van der Waals surface area contributed by atoms with Crippen LogP contribution in [-0.2, 0) is 10.0 Å². The normalized spacial score (nSPS) is 21.7. The van der Waals surface area contributed by atoms with Gasteiger partial charge >= 0.3 is 0 Å². The second-order valence-corrected chi connectivity index (χ2v) is 7.07.